The average Bonchev–Trinajstić information content (AvgIpc) is 3.58. The Labute approximate surface area is 238 Å². The topological polar surface area (TPSA) is 127 Å². The summed E-state index contributed by atoms with van der Waals surface area (Å²) in [6, 6.07) is 6.50. The van der Waals surface area contributed by atoms with E-state index in [4.69, 9.17) is 32.5 Å². The SMILES string of the molecule is O=C(O)c1cc(F)cc(S(=O)(=O)N2[C@@H]3CC[C@H]2C[C@@H](OC(=O)c2c(-c4c(Cl)cccc4Cl)noc2C2CC2)C3)c1. The maximum Gasteiger partial charge on any atom is 0.344 e. The number of carboxylic acids is 1. The van der Waals surface area contributed by atoms with Gasteiger partial charge in [0, 0.05) is 36.4 Å². The highest BCUT2D eigenvalue weighted by Gasteiger charge is 2.49. The van der Waals surface area contributed by atoms with Crippen LogP contribution in [0.2, 0.25) is 10.0 Å². The number of hydrogen-bond donors (Lipinski definition) is 1. The lowest BCUT2D eigenvalue weighted by molar-refractivity contribution is 0.00824. The standard InChI is InChI=1S/C27H23Cl2FN2O7S/c28-20-2-1-3-21(29)22(20)24-23(25(39-31-24)13-4-5-13)27(35)38-18-11-16-6-7-17(12-18)32(16)40(36,37)19-9-14(26(33)34)8-15(30)10-19/h1-3,8-10,13,16-18H,4-7,11-12H2,(H,33,34)/t16-,17+,18+. The fourth-order valence-corrected chi connectivity index (χ4v) is 8.28. The number of carboxylic acid groups (broad SMARTS) is 1. The van der Waals surface area contributed by atoms with E-state index >= 15 is 0 Å². The smallest absolute Gasteiger partial charge is 0.344 e. The number of aromatic nitrogens is 1. The second-order valence-corrected chi connectivity index (χ2v) is 13.0. The molecular weight excluding hydrogens is 586 g/mol. The Morgan fingerprint density at radius 1 is 1.05 bits per heavy atom. The Bertz CT molecular complexity index is 1610. The second-order valence-electron chi connectivity index (χ2n) is 10.3. The number of carbonyl (C=O) groups excluding carboxylic acids is 1. The molecule has 40 heavy (non-hydrogen) atoms. The molecule has 0 amide bonds. The van der Waals surface area contributed by atoms with E-state index in [2.05, 4.69) is 5.16 Å². The van der Waals surface area contributed by atoms with Crippen molar-refractivity contribution in [3.8, 4) is 11.3 Å². The number of aromatic carboxylic acids is 1. The number of halogens is 3. The van der Waals surface area contributed by atoms with E-state index in [-0.39, 0.29) is 30.0 Å². The third-order valence-corrected chi connectivity index (χ3v) is 10.3. The quantitative estimate of drug-likeness (QED) is 0.328. The first kappa shape index (κ1) is 27.2. The lowest BCUT2D eigenvalue weighted by atomic mass is 10.0. The van der Waals surface area contributed by atoms with Crippen LogP contribution in [0.25, 0.3) is 11.3 Å². The molecule has 2 bridgehead atoms. The van der Waals surface area contributed by atoms with Crippen LogP contribution in [-0.4, -0.2) is 53.1 Å². The zero-order chi connectivity index (χ0) is 28.3. The largest absolute Gasteiger partial charge is 0.478 e. The molecule has 0 unspecified atom stereocenters. The Balaban J connectivity index is 1.25. The Morgan fingerprint density at radius 2 is 1.70 bits per heavy atom. The van der Waals surface area contributed by atoms with Crippen LogP contribution in [0.3, 0.4) is 0 Å². The van der Waals surface area contributed by atoms with Crippen LogP contribution in [0.15, 0.2) is 45.8 Å². The number of rotatable bonds is 7. The van der Waals surface area contributed by atoms with Gasteiger partial charge in [0.15, 0.2) is 5.76 Å². The first-order valence-corrected chi connectivity index (χ1v) is 15.0. The lowest BCUT2D eigenvalue weighted by Gasteiger charge is -2.37. The monoisotopic (exact) mass is 608 g/mol. The molecule has 1 aliphatic carbocycles. The Hall–Kier alpha value is -2.99. The van der Waals surface area contributed by atoms with Crippen LogP contribution in [0, 0.1) is 5.82 Å². The number of carbonyl (C=O) groups is 2. The van der Waals surface area contributed by atoms with Gasteiger partial charge in [-0.1, -0.05) is 34.4 Å². The molecular formula is C27H23Cl2FN2O7S. The van der Waals surface area contributed by atoms with Crippen molar-refractivity contribution in [2.45, 2.75) is 67.5 Å². The fourth-order valence-electron chi connectivity index (χ4n) is 5.76. The summed E-state index contributed by atoms with van der Waals surface area (Å²) >= 11 is 12.8. The molecule has 3 aromatic rings. The van der Waals surface area contributed by atoms with E-state index in [1.54, 1.807) is 18.2 Å². The third-order valence-electron chi connectivity index (χ3n) is 7.66. The minimum Gasteiger partial charge on any atom is -0.478 e. The summed E-state index contributed by atoms with van der Waals surface area (Å²) in [6.07, 6.45) is 2.61. The lowest BCUT2D eigenvalue weighted by Crippen LogP contribution is -2.48. The van der Waals surface area contributed by atoms with E-state index < -0.39 is 56.4 Å². The van der Waals surface area contributed by atoms with Gasteiger partial charge in [0.05, 0.1) is 20.5 Å². The maximum atomic E-state index is 14.1. The van der Waals surface area contributed by atoms with Gasteiger partial charge < -0.3 is 14.4 Å². The van der Waals surface area contributed by atoms with E-state index in [1.807, 2.05) is 0 Å². The van der Waals surface area contributed by atoms with Crippen molar-refractivity contribution in [2.75, 3.05) is 0 Å². The molecule has 3 heterocycles. The predicted octanol–water partition coefficient (Wildman–Crippen LogP) is 5.90. The van der Waals surface area contributed by atoms with Gasteiger partial charge in [-0.15, -0.1) is 0 Å². The number of benzene rings is 2. The van der Waals surface area contributed by atoms with Gasteiger partial charge in [-0.05, 0) is 56.0 Å². The number of sulfonamides is 1. The fraction of sp³-hybridized carbons (Fsp3) is 0.370. The third kappa shape index (κ3) is 4.78. The summed E-state index contributed by atoms with van der Waals surface area (Å²) < 4.78 is 53.9. The highest BCUT2D eigenvalue weighted by molar-refractivity contribution is 7.89. The van der Waals surface area contributed by atoms with Crippen molar-refractivity contribution >= 4 is 45.2 Å². The van der Waals surface area contributed by atoms with Crippen LogP contribution in [0.1, 0.15) is 70.9 Å². The summed E-state index contributed by atoms with van der Waals surface area (Å²) in [6.45, 7) is 0. The number of fused-ring (bicyclic) bond motifs is 2. The molecule has 1 N–H and O–H groups in total. The molecule has 3 fully saturated rings. The average molecular weight is 609 g/mol. The van der Waals surface area contributed by atoms with Gasteiger partial charge in [0.25, 0.3) is 0 Å². The van der Waals surface area contributed by atoms with Gasteiger partial charge in [-0.25, -0.2) is 22.4 Å². The zero-order valence-corrected chi connectivity index (χ0v) is 23.2. The number of nitrogens with zero attached hydrogens (tertiary/aromatic N) is 2. The Morgan fingerprint density at radius 3 is 2.30 bits per heavy atom. The van der Waals surface area contributed by atoms with Crippen molar-refractivity contribution in [3.05, 3.63) is 69.1 Å². The molecule has 13 heteroatoms. The number of piperidine rings is 1. The molecule has 2 saturated heterocycles. The van der Waals surface area contributed by atoms with Gasteiger partial charge in [-0.2, -0.15) is 4.31 Å². The van der Waals surface area contributed by atoms with Crippen LogP contribution < -0.4 is 0 Å². The van der Waals surface area contributed by atoms with Gasteiger partial charge >= 0.3 is 11.9 Å². The highest BCUT2D eigenvalue weighted by Crippen LogP contribution is 2.47. The normalized spacial score (nSPS) is 22.8. The zero-order valence-electron chi connectivity index (χ0n) is 20.8. The summed E-state index contributed by atoms with van der Waals surface area (Å²) in [5.41, 5.74) is 0.279. The van der Waals surface area contributed by atoms with Gasteiger partial charge in [0.2, 0.25) is 10.0 Å². The number of esters is 1. The molecule has 1 aromatic heterocycles. The highest BCUT2D eigenvalue weighted by atomic mass is 35.5. The van der Waals surface area contributed by atoms with E-state index in [1.165, 1.54) is 4.31 Å². The molecule has 0 radical (unpaired) electrons. The minimum atomic E-state index is -4.20. The second kappa shape index (κ2) is 10.1. The maximum absolute atomic E-state index is 14.1. The summed E-state index contributed by atoms with van der Waals surface area (Å²) in [4.78, 5) is 24.5. The summed E-state index contributed by atoms with van der Waals surface area (Å²) in [5, 5.41) is 14.0. The van der Waals surface area contributed by atoms with Crippen LogP contribution in [-0.2, 0) is 14.8 Å². The number of hydrogen-bond acceptors (Lipinski definition) is 7. The van der Waals surface area contributed by atoms with Crippen LogP contribution in [0.4, 0.5) is 4.39 Å². The van der Waals surface area contributed by atoms with Crippen molar-refractivity contribution in [3.63, 3.8) is 0 Å². The van der Waals surface area contributed by atoms with Gasteiger partial charge in [0.1, 0.15) is 23.2 Å². The number of ether oxygens (including phenoxy) is 1. The molecule has 0 spiro atoms. The predicted molar refractivity (Wildman–Crippen MR) is 142 cm³/mol. The van der Waals surface area contributed by atoms with Gasteiger partial charge in [-0.3, -0.25) is 0 Å². The first-order valence-electron chi connectivity index (χ1n) is 12.8. The van der Waals surface area contributed by atoms with Crippen molar-refractivity contribution in [1.29, 1.82) is 0 Å². The molecule has 210 valence electrons. The molecule has 3 atom stereocenters. The van der Waals surface area contributed by atoms with E-state index in [9.17, 15) is 27.5 Å². The van der Waals surface area contributed by atoms with Crippen molar-refractivity contribution in [1.82, 2.24) is 9.46 Å². The minimum absolute atomic E-state index is 0.0372. The van der Waals surface area contributed by atoms with Crippen molar-refractivity contribution < 1.29 is 36.8 Å². The molecule has 3 aliphatic rings. The molecule has 9 nitrogen and oxygen atoms in total. The molecule has 6 rings (SSSR count). The summed E-state index contributed by atoms with van der Waals surface area (Å²) in [7, 11) is -4.20. The van der Waals surface area contributed by atoms with Crippen LogP contribution in [0.5, 0.6) is 0 Å². The molecule has 2 aliphatic heterocycles. The van der Waals surface area contributed by atoms with Crippen LogP contribution >= 0.6 is 23.2 Å². The molecule has 1 saturated carbocycles. The summed E-state index contributed by atoms with van der Waals surface area (Å²) in [5.74, 6) is -2.58. The van der Waals surface area contributed by atoms with E-state index in [0.717, 1.165) is 31.0 Å². The van der Waals surface area contributed by atoms with Crippen molar-refractivity contribution in [2.24, 2.45) is 0 Å². The molecule has 2 aromatic carbocycles. The van der Waals surface area contributed by atoms with E-state index in [0.29, 0.717) is 34.2 Å². The first-order chi connectivity index (χ1) is 19.0. The Kier molecular flexibility index (Phi) is 6.89.